The average Bonchev–Trinajstić information content (AvgIpc) is 3.81. The van der Waals surface area contributed by atoms with Crippen molar-refractivity contribution in [3.63, 3.8) is 0 Å². The van der Waals surface area contributed by atoms with Crippen LogP contribution in [0.2, 0.25) is 0 Å². The molecule has 1 aromatic heterocycles. The molecular formula is C55H35NOS. The highest BCUT2D eigenvalue weighted by molar-refractivity contribution is 7.25. The summed E-state index contributed by atoms with van der Waals surface area (Å²) in [6, 6.07) is 77.2. The van der Waals surface area contributed by atoms with E-state index in [0.717, 1.165) is 28.6 Å². The van der Waals surface area contributed by atoms with Crippen molar-refractivity contribution in [2.45, 2.75) is 5.41 Å². The number of thiophene rings is 1. The Balaban J connectivity index is 0.974. The molecule has 58 heavy (non-hydrogen) atoms. The van der Waals surface area contributed by atoms with Gasteiger partial charge in [-0.25, -0.2) is 0 Å². The molecule has 0 atom stereocenters. The van der Waals surface area contributed by atoms with E-state index in [-0.39, 0.29) is 0 Å². The molecule has 0 amide bonds. The fourth-order valence-electron chi connectivity index (χ4n) is 9.69. The Morgan fingerprint density at radius 3 is 1.74 bits per heavy atom. The van der Waals surface area contributed by atoms with Crippen LogP contribution in [0, 0.1) is 0 Å². The predicted molar refractivity (Wildman–Crippen MR) is 242 cm³/mol. The number of hydrogen-bond donors (Lipinski definition) is 0. The first-order chi connectivity index (χ1) is 28.8. The standard InChI is InChI=1S/C55H35NOS/c1-2-15-39(16-3-1)56(40-31-28-36(29-32-40)42-20-13-27-53-54(42)44-19-5-11-26-52(44)58-53)41-17-12-14-37(34-41)38-30-33-47-45(35-38)43-18-4-6-21-46(43)55(47)48-22-7-9-24-50(48)57-51-25-10-8-23-49(51)55/h1-35H. The number of benzene rings is 9. The van der Waals surface area contributed by atoms with Crippen LogP contribution >= 0.6 is 11.3 Å². The monoisotopic (exact) mass is 757 g/mol. The molecule has 0 saturated heterocycles. The summed E-state index contributed by atoms with van der Waals surface area (Å²) in [6.45, 7) is 0. The quantitative estimate of drug-likeness (QED) is 0.173. The van der Waals surface area contributed by atoms with Gasteiger partial charge in [-0.1, -0.05) is 146 Å². The Morgan fingerprint density at radius 1 is 0.362 bits per heavy atom. The second-order valence-corrected chi connectivity index (χ2v) is 16.3. The summed E-state index contributed by atoms with van der Waals surface area (Å²) in [7, 11) is 0. The summed E-state index contributed by atoms with van der Waals surface area (Å²) in [5, 5.41) is 2.65. The van der Waals surface area contributed by atoms with Crippen molar-refractivity contribution in [3.8, 4) is 44.9 Å². The van der Waals surface area contributed by atoms with Crippen LogP contribution in [0.25, 0.3) is 53.6 Å². The SMILES string of the molecule is c1ccc(N(c2ccc(-c3cccc4sc5ccccc5c34)cc2)c2cccc(-c3ccc4c(c3)-c3ccccc3C43c4ccccc4Oc4ccccc43)c2)cc1. The molecule has 1 aliphatic carbocycles. The van der Waals surface area contributed by atoms with Gasteiger partial charge >= 0.3 is 0 Å². The first-order valence-electron chi connectivity index (χ1n) is 19.8. The third-order valence-electron chi connectivity index (χ3n) is 12.1. The molecule has 272 valence electrons. The minimum absolute atomic E-state index is 0.476. The molecule has 0 saturated carbocycles. The fourth-order valence-corrected chi connectivity index (χ4v) is 10.8. The predicted octanol–water partition coefficient (Wildman–Crippen LogP) is 15.3. The lowest BCUT2D eigenvalue weighted by Crippen LogP contribution is -2.32. The van der Waals surface area contributed by atoms with Gasteiger partial charge in [0.2, 0.25) is 0 Å². The maximum absolute atomic E-state index is 6.55. The maximum Gasteiger partial charge on any atom is 0.132 e. The Morgan fingerprint density at radius 2 is 0.931 bits per heavy atom. The molecule has 9 aromatic carbocycles. The van der Waals surface area contributed by atoms with Crippen LogP contribution in [0.3, 0.4) is 0 Å². The van der Waals surface area contributed by atoms with Gasteiger partial charge in [-0.05, 0) is 111 Å². The molecule has 0 fully saturated rings. The van der Waals surface area contributed by atoms with Gasteiger partial charge < -0.3 is 9.64 Å². The molecule has 2 aliphatic rings. The van der Waals surface area contributed by atoms with Gasteiger partial charge in [-0.2, -0.15) is 0 Å². The van der Waals surface area contributed by atoms with Crippen molar-refractivity contribution >= 4 is 48.6 Å². The van der Waals surface area contributed by atoms with Gasteiger partial charge in [0.15, 0.2) is 0 Å². The molecular weight excluding hydrogens is 723 g/mol. The van der Waals surface area contributed by atoms with Crippen LogP contribution in [0.5, 0.6) is 11.5 Å². The molecule has 10 aromatic rings. The summed E-state index contributed by atoms with van der Waals surface area (Å²) < 4.78 is 9.19. The third kappa shape index (κ3) is 4.84. The Bertz CT molecular complexity index is 3170. The van der Waals surface area contributed by atoms with E-state index < -0.39 is 5.41 Å². The van der Waals surface area contributed by atoms with Gasteiger partial charge in [0.1, 0.15) is 11.5 Å². The number of nitrogens with zero attached hydrogens (tertiary/aromatic N) is 1. The van der Waals surface area contributed by atoms with E-state index in [1.807, 2.05) is 11.3 Å². The van der Waals surface area contributed by atoms with Gasteiger partial charge in [-0.15, -0.1) is 11.3 Å². The molecule has 2 nitrogen and oxygen atoms in total. The van der Waals surface area contributed by atoms with E-state index in [4.69, 9.17) is 4.74 Å². The molecule has 12 rings (SSSR count). The van der Waals surface area contributed by atoms with E-state index in [2.05, 4.69) is 217 Å². The Labute approximate surface area is 341 Å². The van der Waals surface area contributed by atoms with E-state index in [0.29, 0.717) is 0 Å². The number of ether oxygens (including phenoxy) is 1. The van der Waals surface area contributed by atoms with Crippen LogP contribution < -0.4 is 9.64 Å². The van der Waals surface area contributed by atoms with Gasteiger partial charge in [0.05, 0.1) is 5.41 Å². The molecule has 0 bridgehead atoms. The molecule has 0 unspecified atom stereocenters. The van der Waals surface area contributed by atoms with Gasteiger partial charge in [0, 0.05) is 48.4 Å². The minimum atomic E-state index is -0.476. The second-order valence-electron chi connectivity index (χ2n) is 15.2. The maximum atomic E-state index is 6.55. The van der Waals surface area contributed by atoms with Crippen molar-refractivity contribution < 1.29 is 4.74 Å². The van der Waals surface area contributed by atoms with Crippen molar-refractivity contribution in [2.24, 2.45) is 0 Å². The smallest absolute Gasteiger partial charge is 0.132 e. The normalized spacial score (nSPS) is 13.1. The van der Waals surface area contributed by atoms with Crippen LogP contribution in [-0.2, 0) is 5.41 Å². The number of anilines is 3. The van der Waals surface area contributed by atoms with Crippen molar-refractivity contribution in [3.05, 3.63) is 235 Å². The van der Waals surface area contributed by atoms with Gasteiger partial charge in [0.25, 0.3) is 0 Å². The molecule has 0 N–H and O–H groups in total. The zero-order chi connectivity index (χ0) is 38.2. The Kier molecular flexibility index (Phi) is 7.35. The van der Waals surface area contributed by atoms with Crippen LogP contribution in [0.1, 0.15) is 22.3 Å². The lowest BCUT2D eigenvalue weighted by molar-refractivity contribution is 0.436. The largest absolute Gasteiger partial charge is 0.457 e. The first kappa shape index (κ1) is 33.0. The molecule has 1 spiro atoms. The van der Waals surface area contributed by atoms with E-state index in [1.165, 1.54) is 75.8 Å². The topological polar surface area (TPSA) is 12.5 Å². The summed E-state index contributed by atoms with van der Waals surface area (Å²) >= 11 is 1.86. The van der Waals surface area contributed by atoms with Crippen molar-refractivity contribution in [1.82, 2.24) is 0 Å². The number of hydrogen-bond acceptors (Lipinski definition) is 3. The van der Waals surface area contributed by atoms with Crippen LogP contribution in [-0.4, -0.2) is 0 Å². The zero-order valence-electron chi connectivity index (χ0n) is 31.5. The molecule has 3 heteroatoms. The van der Waals surface area contributed by atoms with Gasteiger partial charge in [-0.3, -0.25) is 0 Å². The molecule has 2 heterocycles. The van der Waals surface area contributed by atoms with Crippen molar-refractivity contribution in [2.75, 3.05) is 4.90 Å². The van der Waals surface area contributed by atoms with Crippen LogP contribution in [0.15, 0.2) is 212 Å². The van der Waals surface area contributed by atoms with Crippen molar-refractivity contribution in [1.29, 1.82) is 0 Å². The summed E-state index contributed by atoms with van der Waals surface area (Å²) in [5.74, 6) is 1.82. The Hall–Kier alpha value is -7.20. The summed E-state index contributed by atoms with van der Waals surface area (Å²) in [4.78, 5) is 2.36. The third-order valence-corrected chi connectivity index (χ3v) is 13.3. The number of fused-ring (bicyclic) bond motifs is 12. The number of para-hydroxylation sites is 3. The van der Waals surface area contributed by atoms with E-state index in [1.54, 1.807) is 0 Å². The van der Waals surface area contributed by atoms with Crippen LogP contribution in [0.4, 0.5) is 17.1 Å². The average molecular weight is 758 g/mol. The fraction of sp³-hybridized carbons (Fsp3) is 0.0182. The zero-order valence-corrected chi connectivity index (χ0v) is 32.3. The summed E-state index contributed by atoms with van der Waals surface area (Å²) in [6.07, 6.45) is 0. The highest BCUT2D eigenvalue weighted by Crippen LogP contribution is 2.62. The highest BCUT2D eigenvalue weighted by atomic mass is 32.1. The van der Waals surface area contributed by atoms with E-state index in [9.17, 15) is 0 Å². The first-order valence-corrected chi connectivity index (χ1v) is 20.6. The lowest BCUT2D eigenvalue weighted by Gasteiger charge is -2.39. The highest BCUT2D eigenvalue weighted by Gasteiger charge is 2.50. The van der Waals surface area contributed by atoms with E-state index >= 15 is 0 Å². The number of rotatable bonds is 5. The second kappa shape index (κ2) is 12.9. The minimum Gasteiger partial charge on any atom is -0.457 e. The molecule has 0 radical (unpaired) electrons. The molecule has 1 aliphatic heterocycles. The lowest BCUT2D eigenvalue weighted by atomic mass is 9.66. The summed E-state index contributed by atoms with van der Waals surface area (Å²) in [5.41, 5.74) is 15.1.